The molecule has 0 spiro atoms. The van der Waals surface area contributed by atoms with E-state index in [1.807, 2.05) is 0 Å². The number of halogens is 1. The standard InChI is InChI=1S/C7H10BrN3O2S/c1-13-3-4(9)6(12)11-7-10-2-5(8)14-7/h2,4H,3,9H2,1H3,(H,10,11,12). The Morgan fingerprint density at radius 1 is 1.93 bits per heavy atom. The second-order valence-corrected chi connectivity index (χ2v) is 4.93. The second kappa shape index (κ2) is 5.40. The third kappa shape index (κ3) is 3.33. The van der Waals surface area contributed by atoms with Crippen molar-refractivity contribution >= 4 is 38.3 Å². The van der Waals surface area contributed by atoms with Gasteiger partial charge in [-0.25, -0.2) is 4.98 Å². The molecule has 1 amide bonds. The van der Waals surface area contributed by atoms with Crippen molar-refractivity contribution in [3.8, 4) is 0 Å². The van der Waals surface area contributed by atoms with Gasteiger partial charge in [-0.1, -0.05) is 11.3 Å². The molecular weight excluding hydrogens is 270 g/mol. The van der Waals surface area contributed by atoms with Crippen LogP contribution in [0.3, 0.4) is 0 Å². The molecule has 1 aromatic heterocycles. The van der Waals surface area contributed by atoms with Crippen LogP contribution in [0.1, 0.15) is 0 Å². The van der Waals surface area contributed by atoms with E-state index < -0.39 is 6.04 Å². The molecule has 1 unspecified atom stereocenters. The molecule has 0 bridgehead atoms. The first-order valence-electron chi connectivity index (χ1n) is 3.80. The van der Waals surface area contributed by atoms with Gasteiger partial charge in [0.2, 0.25) is 5.91 Å². The van der Waals surface area contributed by atoms with Crippen LogP contribution < -0.4 is 11.1 Å². The number of thiazole rings is 1. The van der Waals surface area contributed by atoms with Gasteiger partial charge >= 0.3 is 0 Å². The van der Waals surface area contributed by atoms with E-state index in [9.17, 15) is 4.79 Å². The van der Waals surface area contributed by atoms with E-state index in [0.29, 0.717) is 5.13 Å². The number of nitrogens with two attached hydrogens (primary N) is 1. The first kappa shape index (κ1) is 11.6. The van der Waals surface area contributed by atoms with Crippen molar-refractivity contribution in [2.24, 2.45) is 5.73 Å². The minimum absolute atomic E-state index is 0.193. The maximum atomic E-state index is 11.3. The lowest BCUT2D eigenvalue weighted by Gasteiger charge is -2.08. The molecule has 0 saturated carbocycles. The zero-order valence-corrected chi connectivity index (χ0v) is 9.89. The number of carbonyl (C=O) groups is 1. The molecule has 7 heteroatoms. The number of ether oxygens (including phenoxy) is 1. The molecule has 1 aromatic rings. The molecule has 0 aliphatic heterocycles. The van der Waals surface area contributed by atoms with E-state index in [-0.39, 0.29) is 12.5 Å². The van der Waals surface area contributed by atoms with Gasteiger partial charge < -0.3 is 15.8 Å². The number of methoxy groups -OCH3 is 1. The number of amides is 1. The van der Waals surface area contributed by atoms with Crippen LogP contribution in [-0.4, -0.2) is 30.6 Å². The summed E-state index contributed by atoms with van der Waals surface area (Å²) >= 11 is 4.57. The van der Waals surface area contributed by atoms with Gasteiger partial charge in [0, 0.05) is 7.11 Å². The number of rotatable bonds is 4. The van der Waals surface area contributed by atoms with Gasteiger partial charge in [0.25, 0.3) is 0 Å². The van der Waals surface area contributed by atoms with E-state index in [1.54, 1.807) is 6.20 Å². The van der Waals surface area contributed by atoms with Gasteiger partial charge in [-0.05, 0) is 15.9 Å². The molecule has 0 radical (unpaired) electrons. The Bertz CT molecular complexity index is 318. The number of anilines is 1. The lowest BCUT2D eigenvalue weighted by molar-refractivity contribution is -0.118. The molecule has 1 rings (SSSR count). The van der Waals surface area contributed by atoms with Crippen molar-refractivity contribution < 1.29 is 9.53 Å². The van der Waals surface area contributed by atoms with Gasteiger partial charge in [-0.3, -0.25) is 4.79 Å². The fourth-order valence-corrected chi connectivity index (χ4v) is 1.88. The molecule has 1 heterocycles. The van der Waals surface area contributed by atoms with E-state index in [4.69, 9.17) is 10.5 Å². The largest absolute Gasteiger partial charge is 0.383 e. The van der Waals surface area contributed by atoms with Crippen molar-refractivity contribution in [1.82, 2.24) is 4.98 Å². The second-order valence-electron chi connectivity index (χ2n) is 2.52. The molecule has 14 heavy (non-hydrogen) atoms. The third-order valence-corrected chi connectivity index (χ3v) is 2.78. The predicted octanol–water partition coefficient (Wildman–Crippen LogP) is 0.818. The van der Waals surface area contributed by atoms with Crippen LogP contribution in [0.25, 0.3) is 0 Å². The zero-order valence-electron chi connectivity index (χ0n) is 7.49. The molecule has 0 aliphatic carbocycles. The number of carbonyl (C=O) groups excluding carboxylic acids is 1. The van der Waals surface area contributed by atoms with Crippen LogP contribution in [-0.2, 0) is 9.53 Å². The molecular formula is C7H10BrN3O2S. The molecule has 1 atom stereocenters. The Balaban J connectivity index is 2.48. The summed E-state index contributed by atoms with van der Waals surface area (Å²) in [6, 6.07) is -0.664. The molecule has 0 aromatic carbocycles. The molecule has 3 N–H and O–H groups in total. The van der Waals surface area contributed by atoms with Crippen molar-refractivity contribution in [3.05, 3.63) is 9.98 Å². The highest BCUT2D eigenvalue weighted by atomic mass is 79.9. The van der Waals surface area contributed by atoms with Crippen LogP contribution in [0.15, 0.2) is 9.98 Å². The molecule has 5 nitrogen and oxygen atoms in total. The van der Waals surface area contributed by atoms with Gasteiger partial charge in [-0.2, -0.15) is 0 Å². The topological polar surface area (TPSA) is 77.2 Å². The van der Waals surface area contributed by atoms with Gasteiger partial charge in [-0.15, -0.1) is 0 Å². The van der Waals surface area contributed by atoms with Gasteiger partial charge in [0.1, 0.15) is 6.04 Å². The van der Waals surface area contributed by atoms with Gasteiger partial charge in [0.15, 0.2) is 5.13 Å². The summed E-state index contributed by atoms with van der Waals surface area (Å²) in [6.45, 7) is 0.193. The molecule has 0 fully saturated rings. The third-order valence-electron chi connectivity index (χ3n) is 1.39. The number of nitrogens with one attached hydrogen (secondary N) is 1. The van der Waals surface area contributed by atoms with Crippen LogP contribution in [0.4, 0.5) is 5.13 Å². The summed E-state index contributed by atoms with van der Waals surface area (Å²) in [7, 11) is 1.49. The molecule has 0 aliphatic rings. The van der Waals surface area contributed by atoms with E-state index in [0.717, 1.165) is 3.79 Å². The molecule has 0 saturated heterocycles. The normalized spacial score (nSPS) is 12.5. The highest BCUT2D eigenvalue weighted by Gasteiger charge is 2.14. The van der Waals surface area contributed by atoms with Crippen molar-refractivity contribution in [2.45, 2.75) is 6.04 Å². The first-order chi connectivity index (χ1) is 6.63. The van der Waals surface area contributed by atoms with Crippen LogP contribution in [0, 0.1) is 0 Å². The van der Waals surface area contributed by atoms with Crippen molar-refractivity contribution in [2.75, 3.05) is 19.0 Å². The van der Waals surface area contributed by atoms with E-state index in [1.165, 1.54) is 18.4 Å². The average molecular weight is 280 g/mol. The lowest BCUT2D eigenvalue weighted by atomic mass is 10.3. The minimum atomic E-state index is -0.664. The van der Waals surface area contributed by atoms with E-state index in [2.05, 4.69) is 26.2 Å². The summed E-state index contributed by atoms with van der Waals surface area (Å²) in [6.07, 6.45) is 1.61. The fourth-order valence-electron chi connectivity index (χ4n) is 0.766. The van der Waals surface area contributed by atoms with Crippen molar-refractivity contribution in [1.29, 1.82) is 0 Å². The molecule has 78 valence electrons. The predicted molar refractivity (Wildman–Crippen MR) is 58.3 cm³/mol. The SMILES string of the molecule is COCC(N)C(=O)Nc1ncc(Br)s1. The summed E-state index contributed by atoms with van der Waals surface area (Å²) in [5, 5.41) is 3.10. The number of aromatic nitrogens is 1. The first-order valence-corrected chi connectivity index (χ1v) is 5.41. The Morgan fingerprint density at radius 2 is 2.64 bits per heavy atom. The summed E-state index contributed by atoms with van der Waals surface area (Å²) in [4.78, 5) is 15.3. The highest BCUT2D eigenvalue weighted by Crippen LogP contribution is 2.22. The quantitative estimate of drug-likeness (QED) is 0.856. The summed E-state index contributed by atoms with van der Waals surface area (Å²) < 4.78 is 5.61. The maximum absolute atomic E-state index is 11.3. The smallest absolute Gasteiger partial charge is 0.245 e. The Labute approximate surface area is 93.8 Å². The highest BCUT2D eigenvalue weighted by molar-refractivity contribution is 9.11. The summed E-state index contributed by atoms with van der Waals surface area (Å²) in [5.41, 5.74) is 5.51. The number of hydrogen-bond acceptors (Lipinski definition) is 5. The van der Waals surface area contributed by atoms with Gasteiger partial charge in [0.05, 0.1) is 16.6 Å². The van der Waals surface area contributed by atoms with Crippen LogP contribution in [0.5, 0.6) is 0 Å². The zero-order chi connectivity index (χ0) is 10.6. The van der Waals surface area contributed by atoms with Crippen molar-refractivity contribution in [3.63, 3.8) is 0 Å². The number of nitrogens with zero attached hydrogens (tertiary/aromatic N) is 1. The Morgan fingerprint density at radius 3 is 3.14 bits per heavy atom. The van der Waals surface area contributed by atoms with E-state index >= 15 is 0 Å². The lowest BCUT2D eigenvalue weighted by Crippen LogP contribution is -2.39. The monoisotopic (exact) mass is 279 g/mol. The Hall–Kier alpha value is -0.500. The van der Waals surface area contributed by atoms with Crippen LogP contribution in [0.2, 0.25) is 0 Å². The van der Waals surface area contributed by atoms with Crippen LogP contribution >= 0.6 is 27.3 Å². The average Bonchev–Trinajstić information content (AvgIpc) is 2.51. The summed E-state index contributed by atoms with van der Waals surface area (Å²) in [5.74, 6) is -0.297. The minimum Gasteiger partial charge on any atom is -0.383 e. The maximum Gasteiger partial charge on any atom is 0.245 e. The Kier molecular flexibility index (Phi) is 4.46. The number of hydrogen-bond donors (Lipinski definition) is 2. The fraction of sp³-hybridized carbons (Fsp3) is 0.429.